The molecule has 0 radical (unpaired) electrons. The van der Waals surface area contributed by atoms with Crippen molar-refractivity contribution in [2.75, 3.05) is 5.32 Å². The van der Waals surface area contributed by atoms with Crippen LogP contribution in [-0.2, 0) is 14.3 Å². The van der Waals surface area contributed by atoms with Crippen LogP contribution in [0.3, 0.4) is 0 Å². The van der Waals surface area contributed by atoms with E-state index in [1.807, 2.05) is 0 Å². The van der Waals surface area contributed by atoms with Crippen LogP contribution in [-0.4, -0.2) is 29.1 Å². The number of ether oxygens (including phenoxy) is 1. The maximum atomic E-state index is 12.6. The molecule has 3 fully saturated rings. The third-order valence-electron chi connectivity index (χ3n) is 5.20. The number of para-hydroxylation sites is 1. The Hall–Kier alpha value is -2.37. The summed E-state index contributed by atoms with van der Waals surface area (Å²) in [5.41, 5.74) is 0.316. The predicted octanol–water partition coefficient (Wildman–Crippen LogP) is 1.52. The van der Waals surface area contributed by atoms with E-state index in [1.165, 1.54) is 6.07 Å². The maximum absolute atomic E-state index is 12.6. The molecule has 22 heavy (non-hydrogen) atoms. The predicted molar refractivity (Wildman–Crippen MR) is 75.1 cm³/mol. The van der Waals surface area contributed by atoms with Crippen LogP contribution in [0, 0.1) is 23.7 Å². The number of carboxylic acid groups (broad SMARTS) is 1. The summed E-state index contributed by atoms with van der Waals surface area (Å²) >= 11 is 0. The number of rotatable bonds is 3. The van der Waals surface area contributed by atoms with Gasteiger partial charge in [0.15, 0.2) is 0 Å². The zero-order chi connectivity index (χ0) is 15.4. The van der Waals surface area contributed by atoms with Crippen LogP contribution >= 0.6 is 0 Å². The van der Waals surface area contributed by atoms with Crippen LogP contribution in [0.25, 0.3) is 0 Å². The normalized spacial score (nSPS) is 34.5. The van der Waals surface area contributed by atoms with Crippen molar-refractivity contribution in [3.63, 3.8) is 0 Å². The van der Waals surface area contributed by atoms with Gasteiger partial charge in [0.2, 0.25) is 5.91 Å². The molecule has 1 aromatic rings. The number of anilines is 1. The van der Waals surface area contributed by atoms with E-state index in [2.05, 4.69) is 5.32 Å². The van der Waals surface area contributed by atoms with Crippen molar-refractivity contribution < 1.29 is 24.2 Å². The molecule has 0 spiro atoms. The Morgan fingerprint density at radius 1 is 1.23 bits per heavy atom. The van der Waals surface area contributed by atoms with E-state index in [0.717, 1.165) is 12.8 Å². The zero-order valence-electron chi connectivity index (χ0n) is 11.7. The molecule has 5 atom stereocenters. The minimum Gasteiger partial charge on any atom is -0.478 e. The van der Waals surface area contributed by atoms with Gasteiger partial charge in [0, 0.05) is 5.92 Å². The second-order valence-corrected chi connectivity index (χ2v) is 6.26. The lowest BCUT2D eigenvalue weighted by atomic mass is 9.79. The van der Waals surface area contributed by atoms with Gasteiger partial charge < -0.3 is 15.2 Å². The van der Waals surface area contributed by atoms with E-state index >= 15 is 0 Å². The Labute approximate surface area is 126 Å². The van der Waals surface area contributed by atoms with Crippen LogP contribution in [0.4, 0.5) is 5.69 Å². The molecule has 4 rings (SSSR count). The molecule has 0 unspecified atom stereocenters. The number of esters is 1. The van der Waals surface area contributed by atoms with Crippen LogP contribution in [0.1, 0.15) is 23.2 Å². The number of amides is 1. The molecule has 2 aliphatic carbocycles. The Morgan fingerprint density at radius 3 is 2.77 bits per heavy atom. The maximum Gasteiger partial charge on any atom is 0.337 e. The van der Waals surface area contributed by atoms with Crippen LogP contribution in [0.15, 0.2) is 24.3 Å². The molecule has 0 aromatic heterocycles. The minimum absolute atomic E-state index is 0.0159. The van der Waals surface area contributed by atoms with Gasteiger partial charge in [0.25, 0.3) is 0 Å². The second-order valence-electron chi connectivity index (χ2n) is 6.26. The number of carbonyl (C=O) groups is 3. The summed E-state index contributed by atoms with van der Waals surface area (Å²) in [6.07, 6.45) is 1.57. The van der Waals surface area contributed by atoms with Crippen molar-refractivity contribution in [1.29, 1.82) is 0 Å². The minimum atomic E-state index is -1.09. The third-order valence-corrected chi connectivity index (χ3v) is 5.20. The molecule has 1 saturated heterocycles. The van der Waals surface area contributed by atoms with Gasteiger partial charge >= 0.3 is 11.9 Å². The van der Waals surface area contributed by atoms with Crippen LogP contribution < -0.4 is 5.32 Å². The monoisotopic (exact) mass is 301 g/mol. The van der Waals surface area contributed by atoms with Gasteiger partial charge in [-0.15, -0.1) is 0 Å². The highest BCUT2D eigenvalue weighted by atomic mass is 16.6. The molecule has 1 aromatic carbocycles. The summed E-state index contributed by atoms with van der Waals surface area (Å²) in [6.45, 7) is 0. The summed E-state index contributed by atoms with van der Waals surface area (Å²) in [7, 11) is 0. The summed E-state index contributed by atoms with van der Waals surface area (Å²) in [5.74, 6) is -2.10. The van der Waals surface area contributed by atoms with Crippen molar-refractivity contribution in [3.05, 3.63) is 29.8 Å². The molecule has 114 valence electrons. The van der Waals surface area contributed by atoms with Crippen LogP contribution in [0.2, 0.25) is 0 Å². The van der Waals surface area contributed by atoms with Gasteiger partial charge in [0.1, 0.15) is 6.10 Å². The summed E-state index contributed by atoms with van der Waals surface area (Å²) < 4.78 is 5.32. The van der Waals surface area contributed by atoms with E-state index in [4.69, 9.17) is 4.74 Å². The highest BCUT2D eigenvalue weighted by molar-refractivity contribution is 6.02. The Bertz CT molecular complexity index is 683. The molecular formula is C16H15NO5. The number of nitrogens with one attached hydrogen (secondary N) is 1. The molecule has 6 nitrogen and oxygen atoms in total. The fourth-order valence-corrected chi connectivity index (χ4v) is 4.36. The number of hydrogen-bond acceptors (Lipinski definition) is 4. The van der Waals surface area contributed by atoms with E-state index in [0.29, 0.717) is 0 Å². The smallest absolute Gasteiger partial charge is 0.337 e. The average molecular weight is 301 g/mol. The summed E-state index contributed by atoms with van der Waals surface area (Å²) in [4.78, 5) is 35.7. The van der Waals surface area contributed by atoms with Gasteiger partial charge in [-0.05, 0) is 30.9 Å². The lowest BCUT2D eigenvalue weighted by Crippen LogP contribution is -2.36. The molecule has 1 amide bonds. The lowest BCUT2D eigenvalue weighted by Gasteiger charge is -2.23. The molecule has 2 bridgehead atoms. The molecule has 1 heterocycles. The van der Waals surface area contributed by atoms with Gasteiger partial charge in [0.05, 0.1) is 23.1 Å². The van der Waals surface area contributed by atoms with Gasteiger partial charge in [-0.25, -0.2) is 4.79 Å². The Morgan fingerprint density at radius 2 is 2.00 bits per heavy atom. The number of carbonyl (C=O) groups excluding carboxylic acids is 2. The third kappa shape index (κ3) is 1.76. The summed E-state index contributed by atoms with van der Waals surface area (Å²) in [5, 5.41) is 11.9. The number of hydrogen-bond donors (Lipinski definition) is 2. The SMILES string of the molecule is O=C(O)c1ccccc1NC(=O)[C@@H]1[C@H]2C[C@@H]3[C@@H]1C(=O)O[C@@H]3C2. The molecule has 6 heteroatoms. The van der Waals surface area contributed by atoms with E-state index in [-0.39, 0.29) is 47.0 Å². The summed E-state index contributed by atoms with van der Waals surface area (Å²) in [6, 6.07) is 6.28. The number of fused-ring (bicyclic) bond motifs is 1. The molecule has 3 aliphatic rings. The topological polar surface area (TPSA) is 92.7 Å². The first-order chi connectivity index (χ1) is 10.6. The van der Waals surface area contributed by atoms with E-state index in [1.54, 1.807) is 18.2 Å². The van der Waals surface area contributed by atoms with Gasteiger partial charge in [-0.1, -0.05) is 12.1 Å². The van der Waals surface area contributed by atoms with Gasteiger partial charge in [-0.2, -0.15) is 0 Å². The zero-order valence-corrected chi connectivity index (χ0v) is 11.7. The standard InChI is InChI=1S/C16H15NO5/c18-14(17-10-4-2-1-3-8(10)15(19)20)12-7-5-9-11(6-7)22-16(21)13(9)12/h1-4,7,9,11-13H,5-6H2,(H,17,18)(H,19,20)/t7-,9-,11+,12+,13-/m0/s1. The number of aromatic carboxylic acids is 1. The van der Waals surface area contributed by atoms with Crippen molar-refractivity contribution in [2.45, 2.75) is 18.9 Å². The van der Waals surface area contributed by atoms with Gasteiger partial charge in [-0.3, -0.25) is 9.59 Å². The molecular weight excluding hydrogens is 286 g/mol. The van der Waals surface area contributed by atoms with Crippen molar-refractivity contribution in [3.8, 4) is 0 Å². The molecule has 2 saturated carbocycles. The van der Waals surface area contributed by atoms with E-state index < -0.39 is 11.9 Å². The Kier molecular flexibility index (Phi) is 2.76. The van der Waals surface area contributed by atoms with Crippen molar-refractivity contribution >= 4 is 23.5 Å². The lowest BCUT2D eigenvalue weighted by molar-refractivity contribution is -0.145. The first-order valence-corrected chi connectivity index (χ1v) is 7.40. The first-order valence-electron chi connectivity index (χ1n) is 7.40. The Balaban J connectivity index is 1.59. The number of benzene rings is 1. The van der Waals surface area contributed by atoms with Crippen molar-refractivity contribution in [2.24, 2.45) is 23.7 Å². The fourth-order valence-electron chi connectivity index (χ4n) is 4.36. The highest BCUT2D eigenvalue weighted by Gasteiger charge is 2.63. The molecule has 2 N–H and O–H groups in total. The average Bonchev–Trinajstić information content (AvgIpc) is 3.08. The first kappa shape index (κ1) is 13.3. The van der Waals surface area contributed by atoms with Crippen LogP contribution in [0.5, 0.6) is 0 Å². The van der Waals surface area contributed by atoms with Crippen molar-refractivity contribution in [1.82, 2.24) is 0 Å². The largest absolute Gasteiger partial charge is 0.478 e. The van der Waals surface area contributed by atoms with E-state index in [9.17, 15) is 19.5 Å². The molecule has 1 aliphatic heterocycles. The fraction of sp³-hybridized carbons (Fsp3) is 0.438. The second kappa shape index (κ2) is 4.56. The quantitative estimate of drug-likeness (QED) is 0.826. The number of carboxylic acids is 1. The highest BCUT2D eigenvalue weighted by Crippen LogP contribution is 2.57.